The zero-order valence-electron chi connectivity index (χ0n) is 2.64. The summed E-state index contributed by atoms with van der Waals surface area (Å²) < 4.78 is 0. The third kappa shape index (κ3) is 71.9. The Morgan fingerprint density at radius 2 is 1.00 bits per heavy atom. The summed E-state index contributed by atoms with van der Waals surface area (Å²) in [6.07, 6.45) is 0. The molecule has 3 nitrogen and oxygen atoms in total. The first-order valence-electron chi connectivity index (χ1n) is 0.775. The Morgan fingerprint density at radius 1 is 1.00 bits per heavy atom. The first-order chi connectivity index (χ1) is 1.73. The van der Waals surface area contributed by atoms with Crippen LogP contribution in [0.3, 0.4) is 0 Å². The van der Waals surface area contributed by atoms with Crippen LogP contribution in [0.2, 0.25) is 0 Å². The number of halogens is 1. The van der Waals surface area contributed by atoms with Crippen molar-refractivity contribution in [3.8, 4) is 0 Å². The second kappa shape index (κ2) is 9.43. The van der Waals surface area contributed by atoms with Crippen LogP contribution in [0, 0.1) is 0 Å². The number of rotatable bonds is 0. The van der Waals surface area contributed by atoms with E-state index in [1.807, 2.05) is 0 Å². The first kappa shape index (κ1) is 15.7. The van der Waals surface area contributed by atoms with Gasteiger partial charge in [0, 0.05) is 20.4 Å². The van der Waals surface area contributed by atoms with Gasteiger partial charge in [-0.15, -0.1) is 17.0 Å². The summed E-state index contributed by atoms with van der Waals surface area (Å²) >= 11 is 0. The van der Waals surface area contributed by atoms with E-state index < -0.39 is 7.32 Å². The maximum atomic E-state index is 7.17. The molecular formula is H4BBrO3Pd. The van der Waals surface area contributed by atoms with E-state index in [0.29, 0.717) is 0 Å². The zero-order chi connectivity index (χ0) is 3.58. The van der Waals surface area contributed by atoms with Crippen LogP contribution >= 0.6 is 17.0 Å². The summed E-state index contributed by atoms with van der Waals surface area (Å²) in [4.78, 5) is 0. The molecule has 0 rings (SSSR count). The predicted octanol–water partition coefficient (Wildman–Crippen LogP) is -1.48. The summed E-state index contributed by atoms with van der Waals surface area (Å²) in [7, 11) is -2.17. The summed E-state index contributed by atoms with van der Waals surface area (Å²) in [6.45, 7) is 0. The molecule has 0 aliphatic rings. The SMILES string of the molecule is Br.OB(O)O.[Pd]. The van der Waals surface area contributed by atoms with Crippen LogP contribution in [0.25, 0.3) is 0 Å². The van der Waals surface area contributed by atoms with Crippen molar-refractivity contribution in [3.05, 3.63) is 0 Å². The molecule has 0 spiro atoms. The van der Waals surface area contributed by atoms with Gasteiger partial charge >= 0.3 is 7.32 Å². The predicted molar refractivity (Wildman–Crippen MR) is 22.7 cm³/mol. The standard InChI is InChI=1S/BH3O3.BrH.Pd/c2-1(3)4;;/h2-4H;1H;. The third-order valence-corrected chi connectivity index (χ3v) is 0. The van der Waals surface area contributed by atoms with E-state index in [2.05, 4.69) is 0 Å². The smallest absolute Gasteiger partial charge is 0.402 e. The molecule has 0 unspecified atom stereocenters. The zero-order valence-corrected chi connectivity index (χ0v) is 5.91. The molecule has 0 aliphatic carbocycles. The van der Waals surface area contributed by atoms with Crippen molar-refractivity contribution < 1.29 is 35.5 Å². The van der Waals surface area contributed by atoms with Gasteiger partial charge in [-0.25, -0.2) is 0 Å². The van der Waals surface area contributed by atoms with E-state index in [0.717, 1.165) is 0 Å². The Morgan fingerprint density at radius 3 is 1.00 bits per heavy atom. The molecule has 0 aromatic heterocycles. The van der Waals surface area contributed by atoms with Crippen LogP contribution in [-0.4, -0.2) is 22.4 Å². The van der Waals surface area contributed by atoms with Crippen LogP contribution in [0.5, 0.6) is 0 Å². The van der Waals surface area contributed by atoms with Gasteiger partial charge < -0.3 is 15.1 Å². The van der Waals surface area contributed by atoms with Crippen LogP contribution in [-0.2, 0) is 20.4 Å². The summed E-state index contributed by atoms with van der Waals surface area (Å²) in [5, 5.41) is 21.5. The van der Waals surface area contributed by atoms with Crippen LogP contribution < -0.4 is 0 Å². The summed E-state index contributed by atoms with van der Waals surface area (Å²) in [5.41, 5.74) is 0. The number of hydrogen-bond acceptors (Lipinski definition) is 3. The molecule has 0 atom stereocenters. The molecule has 3 N–H and O–H groups in total. The molecule has 0 aliphatic heterocycles. The van der Waals surface area contributed by atoms with Gasteiger partial charge in [-0.3, -0.25) is 0 Å². The maximum absolute atomic E-state index is 7.17. The third-order valence-electron chi connectivity index (χ3n) is 0. The van der Waals surface area contributed by atoms with Crippen molar-refractivity contribution in [3.63, 3.8) is 0 Å². The van der Waals surface area contributed by atoms with E-state index in [-0.39, 0.29) is 37.4 Å². The Balaban J connectivity index is -0.0000000450. The van der Waals surface area contributed by atoms with Gasteiger partial charge in [-0.2, -0.15) is 0 Å². The van der Waals surface area contributed by atoms with E-state index in [1.165, 1.54) is 0 Å². The molecule has 0 fully saturated rings. The second-order valence-electron chi connectivity index (χ2n) is 0.346. The molecule has 0 aromatic rings. The first-order valence-corrected chi connectivity index (χ1v) is 0.775. The van der Waals surface area contributed by atoms with Gasteiger partial charge in [0.05, 0.1) is 0 Å². The largest absolute Gasteiger partial charge is 0.631 e. The Bertz CT molecular complexity index is 15.5. The molecule has 0 saturated carbocycles. The van der Waals surface area contributed by atoms with Gasteiger partial charge in [-0.05, 0) is 0 Å². The molecule has 0 amide bonds. The molecule has 0 aromatic carbocycles. The van der Waals surface area contributed by atoms with Crippen molar-refractivity contribution in [1.82, 2.24) is 0 Å². The van der Waals surface area contributed by atoms with Crippen molar-refractivity contribution >= 4 is 24.3 Å². The fourth-order valence-corrected chi connectivity index (χ4v) is 0. The topological polar surface area (TPSA) is 60.7 Å². The van der Waals surface area contributed by atoms with Crippen molar-refractivity contribution in [2.24, 2.45) is 0 Å². The van der Waals surface area contributed by atoms with E-state index >= 15 is 0 Å². The fourth-order valence-electron chi connectivity index (χ4n) is 0. The van der Waals surface area contributed by atoms with Crippen LogP contribution in [0.1, 0.15) is 0 Å². The van der Waals surface area contributed by atoms with Gasteiger partial charge in [0.15, 0.2) is 0 Å². The van der Waals surface area contributed by atoms with Crippen LogP contribution in [0.4, 0.5) is 0 Å². The van der Waals surface area contributed by atoms with Gasteiger partial charge in [0.2, 0.25) is 0 Å². The molecule has 0 saturated heterocycles. The monoisotopic (exact) mass is 248 g/mol. The minimum absolute atomic E-state index is 0. The fraction of sp³-hybridized carbons (Fsp3) is 0. The Hall–Kier alpha value is 1.09. The van der Waals surface area contributed by atoms with Gasteiger partial charge in [0.1, 0.15) is 0 Å². The van der Waals surface area contributed by atoms with Crippen molar-refractivity contribution in [2.75, 3.05) is 0 Å². The maximum Gasteiger partial charge on any atom is 0.631 e. The second-order valence-corrected chi connectivity index (χ2v) is 0.346. The summed E-state index contributed by atoms with van der Waals surface area (Å²) in [6, 6.07) is 0. The van der Waals surface area contributed by atoms with Crippen molar-refractivity contribution in [1.29, 1.82) is 0 Å². The average molecular weight is 249 g/mol. The molecule has 0 radical (unpaired) electrons. The molecule has 42 valence electrons. The normalized spacial score (nSPS) is 4.50. The minimum atomic E-state index is -2.17. The van der Waals surface area contributed by atoms with Gasteiger partial charge in [-0.1, -0.05) is 0 Å². The molecular weight excluding hydrogens is 245 g/mol. The van der Waals surface area contributed by atoms with Gasteiger partial charge in [0.25, 0.3) is 0 Å². The average Bonchev–Trinajstić information content (AvgIpc) is 0.811. The molecule has 0 bridgehead atoms. The quantitative estimate of drug-likeness (QED) is 0.459. The molecule has 6 heavy (non-hydrogen) atoms. The minimum Gasteiger partial charge on any atom is -0.402 e. The van der Waals surface area contributed by atoms with E-state index in [4.69, 9.17) is 15.1 Å². The van der Waals surface area contributed by atoms with Crippen molar-refractivity contribution in [2.45, 2.75) is 0 Å². The molecule has 0 heterocycles. The Kier molecular flexibility index (Phi) is 24.7. The molecule has 6 heteroatoms. The van der Waals surface area contributed by atoms with Crippen LogP contribution in [0.15, 0.2) is 0 Å². The van der Waals surface area contributed by atoms with E-state index in [9.17, 15) is 0 Å². The number of hydrogen-bond donors (Lipinski definition) is 3. The Labute approximate surface area is 60.0 Å². The van der Waals surface area contributed by atoms with E-state index in [1.54, 1.807) is 0 Å². The summed E-state index contributed by atoms with van der Waals surface area (Å²) in [5.74, 6) is 0.